The number of aromatic nitrogens is 2. The fourth-order valence-electron chi connectivity index (χ4n) is 4.88. The lowest BCUT2D eigenvalue weighted by atomic mass is 10.0. The monoisotopic (exact) mass is 426 g/mol. The second-order valence-electron chi connectivity index (χ2n) is 8.08. The molecule has 3 heteroatoms. The van der Waals surface area contributed by atoms with Crippen molar-refractivity contribution < 1.29 is 0 Å². The molecule has 0 bridgehead atoms. The van der Waals surface area contributed by atoms with Crippen LogP contribution in [0, 0.1) is 0 Å². The summed E-state index contributed by atoms with van der Waals surface area (Å²) in [6.07, 6.45) is 1.86. The first kappa shape index (κ1) is 17.7. The first-order chi connectivity index (χ1) is 15.9. The minimum Gasteiger partial charge on any atom is -0.309 e. The molecule has 0 radical (unpaired) electrons. The highest BCUT2D eigenvalue weighted by Gasteiger charge is 2.15. The summed E-state index contributed by atoms with van der Waals surface area (Å²) in [5.74, 6) is 0. The van der Waals surface area contributed by atoms with Crippen molar-refractivity contribution >= 4 is 54.1 Å². The van der Waals surface area contributed by atoms with E-state index in [1.807, 2.05) is 23.6 Å². The number of fused-ring (bicyclic) bond motifs is 6. The topological polar surface area (TPSA) is 17.8 Å². The van der Waals surface area contributed by atoms with Crippen molar-refractivity contribution in [2.45, 2.75) is 0 Å². The Morgan fingerprint density at radius 1 is 0.656 bits per heavy atom. The lowest BCUT2D eigenvalue weighted by Crippen LogP contribution is -1.93. The Morgan fingerprint density at radius 3 is 2.47 bits per heavy atom. The normalized spacial score (nSPS) is 11.8. The van der Waals surface area contributed by atoms with Gasteiger partial charge in [-0.2, -0.15) is 0 Å². The van der Waals surface area contributed by atoms with Gasteiger partial charge in [0.15, 0.2) is 0 Å². The van der Waals surface area contributed by atoms with Crippen LogP contribution in [-0.2, 0) is 0 Å². The van der Waals surface area contributed by atoms with Crippen LogP contribution in [0.2, 0.25) is 0 Å². The van der Waals surface area contributed by atoms with Gasteiger partial charge < -0.3 is 4.57 Å². The second kappa shape index (κ2) is 6.78. The molecule has 7 aromatic rings. The number of nitrogens with zero attached hydrogens (tertiary/aromatic N) is 2. The van der Waals surface area contributed by atoms with Gasteiger partial charge in [-0.1, -0.05) is 60.7 Å². The molecular formula is C29H18N2S. The molecule has 2 nitrogen and oxygen atoms in total. The summed E-state index contributed by atoms with van der Waals surface area (Å²) in [5, 5.41) is 7.30. The zero-order valence-electron chi connectivity index (χ0n) is 17.2. The first-order valence-electron chi connectivity index (χ1n) is 10.7. The predicted molar refractivity (Wildman–Crippen MR) is 137 cm³/mol. The largest absolute Gasteiger partial charge is 0.309 e. The van der Waals surface area contributed by atoms with Crippen molar-refractivity contribution in [2.75, 3.05) is 0 Å². The van der Waals surface area contributed by atoms with Gasteiger partial charge in [0, 0.05) is 38.3 Å². The molecule has 3 aromatic heterocycles. The molecule has 0 atom stereocenters. The van der Waals surface area contributed by atoms with Crippen LogP contribution in [0.1, 0.15) is 0 Å². The van der Waals surface area contributed by atoms with Crippen LogP contribution in [0.5, 0.6) is 0 Å². The Labute approximate surface area is 189 Å². The van der Waals surface area contributed by atoms with E-state index in [4.69, 9.17) is 0 Å². The van der Waals surface area contributed by atoms with Crippen molar-refractivity contribution in [1.29, 1.82) is 0 Å². The van der Waals surface area contributed by atoms with Gasteiger partial charge in [0.25, 0.3) is 0 Å². The summed E-state index contributed by atoms with van der Waals surface area (Å²) in [6.45, 7) is 0. The molecule has 0 saturated carbocycles. The molecule has 7 rings (SSSR count). The van der Waals surface area contributed by atoms with Crippen molar-refractivity contribution in [3.8, 4) is 16.8 Å². The summed E-state index contributed by atoms with van der Waals surface area (Å²) in [6, 6.07) is 34.8. The Balaban J connectivity index is 1.46. The van der Waals surface area contributed by atoms with Gasteiger partial charge in [-0.3, -0.25) is 4.98 Å². The molecular weight excluding hydrogens is 408 g/mol. The Morgan fingerprint density at radius 2 is 1.53 bits per heavy atom. The zero-order chi connectivity index (χ0) is 21.1. The smallest absolute Gasteiger partial charge is 0.0780 e. The van der Waals surface area contributed by atoms with Crippen molar-refractivity contribution in [1.82, 2.24) is 9.55 Å². The number of benzene rings is 4. The van der Waals surface area contributed by atoms with E-state index in [2.05, 4.69) is 106 Å². The van der Waals surface area contributed by atoms with E-state index in [-0.39, 0.29) is 0 Å². The third-order valence-electron chi connectivity index (χ3n) is 6.32. The Kier molecular flexibility index (Phi) is 3.75. The molecule has 0 aliphatic heterocycles. The van der Waals surface area contributed by atoms with Gasteiger partial charge in [0.1, 0.15) is 0 Å². The quantitative estimate of drug-likeness (QED) is 0.272. The molecule has 0 aliphatic rings. The van der Waals surface area contributed by atoms with E-state index in [1.54, 1.807) is 0 Å². The third kappa shape index (κ3) is 2.49. The van der Waals surface area contributed by atoms with E-state index >= 15 is 0 Å². The second-order valence-corrected chi connectivity index (χ2v) is 8.99. The van der Waals surface area contributed by atoms with Crippen LogP contribution in [0.15, 0.2) is 109 Å². The molecule has 3 heterocycles. The zero-order valence-corrected chi connectivity index (χ0v) is 18.0. The van der Waals surface area contributed by atoms with Gasteiger partial charge in [-0.25, -0.2) is 0 Å². The molecule has 0 fully saturated rings. The first-order valence-corrected chi connectivity index (χ1v) is 11.6. The van der Waals surface area contributed by atoms with E-state index in [0.29, 0.717) is 0 Å². The molecule has 4 aromatic carbocycles. The maximum Gasteiger partial charge on any atom is 0.0780 e. The lowest BCUT2D eigenvalue weighted by Gasteiger charge is -2.10. The molecule has 0 aliphatic carbocycles. The summed E-state index contributed by atoms with van der Waals surface area (Å²) in [4.78, 5) is 4.63. The Bertz CT molecular complexity index is 1770. The van der Waals surface area contributed by atoms with Crippen molar-refractivity contribution in [3.05, 3.63) is 109 Å². The number of rotatable bonds is 2. The maximum atomic E-state index is 4.63. The summed E-state index contributed by atoms with van der Waals surface area (Å²) in [5.41, 5.74) is 7.05. The van der Waals surface area contributed by atoms with Crippen molar-refractivity contribution in [3.63, 3.8) is 0 Å². The number of thiophene rings is 1. The molecule has 32 heavy (non-hydrogen) atoms. The highest BCUT2D eigenvalue weighted by atomic mass is 32.1. The molecule has 0 unspecified atom stereocenters. The van der Waals surface area contributed by atoms with Crippen LogP contribution in [-0.4, -0.2) is 9.55 Å². The molecule has 150 valence electrons. The Hall–Kier alpha value is -3.95. The van der Waals surface area contributed by atoms with Gasteiger partial charge in [0.2, 0.25) is 0 Å². The molecule has 0 spiro atoms. The van der Waals surface area contributed by atoms with Gasteiger partial charge in [0.05, 0.1) is 16.6 Å². The standard InChI is InChI=1S/C29H18N2S/c1-2-9-25-24(7-1)27-26(15-12-21-16-18-32-29(21)27)31(25)22-13-10-19(11-14-22)23-8-3-5-20-6-4-17-30-28(20)23/h1-18H. The van der Waals surface area contributed by atoms with Crippen LogP contribution < -0.4 is 0 Å². The van der Waals surface area contributed by atoms with Gasteiger partial charge >= 0.3 is 0 Å². The average molecular weight is 427 g/mol. The van der Waals surface area contributed by atoms with E-state index in [0.717, 1.165) is 16.5 Å². The van der Waals surface area contributed by atoms with Crippen molar-refractivity contribution in [2.24, 2.45) is 0 Å². The van der Waals surface area contributed by atoms with E-state index in [9.17, 15) is 0 Å². The van der Waals surface area contributed by atoms with Crippen LogP contribution in [0.4, 0.5) is 0 Å². The van der Waals surface area contributed by atoms with Gasteiger partial charge in [-0.05, 0) is 52.7 Å². The molecule has 0 saturated heterocycles. The highest BCUT2D eigenvalue weighted by Crippen LogP contribution is 2.39. The fourth-order valence-corrected chi connectivity index (χ4v) is 5.84. The minimum absolute atomic E-state index is 1.04. The summed E-state index contributed by atoms with van der Waals surface area (Å²) >= 11 is 1.82. The lowest BCUT2D eigenvalue weighted by molar-refractivity contribution is 1.18. The number of pyridine rings is 1. The highest BCUT2D eigenvalue weighted by molar-refractivity contribution is 7.18. The number of para-hydroxylation sites is 2. The van der Waals surface area contributed by atoms with Crippen LogP contribution >= 0.6 is 11.3 Å². The minimum atomic E-state index is 1.04. The summed E-state index contributed by atoms with van der Waals surface area (Å²) in [7, 11) is 0. The van der Waals surface area contributed by atoms with Crippen LogP contribution in [0.25, 0.3) is 59.6 Å². The number of hydrogen-bond donors (Lipinski definition) is 0. The summed E-state index contributed by atoms with van der Waals surface area (Å²) < 4.78 is 3.74. The maximum absolute atomic E-state index is 4.63. The number of hydrogen-bond acceptors (Lipinski definition) is 2. The van der Waals surface area contributed by atoms with Crippen LogP contribution in [0.3, 0.4) is 0 Å². The average Bonchev–Trinajstić information content (AvgIpc) is 3.46. The third-order valence-corrected chi connectivity index (χ3v) is 7.27. The SMILES string of the molecule is c1cnc2c(-c3ccc(-n4c5ccccc5c5c6sccc6ccc54)cc3)cccc2c1. The molecule has 0 N–H and O–H groups in total. The fraction of sp³-hybridized carbons (Fsp3) is 0. The molecule has 0 amide bonds. The van der Waals surface area contributed by atoms with E-state index in [1.165, 1.54) is 43.1 Å². The predicted octanol–water partition coefficient (Wildman–Crippen LogP) is 8.21. The van der Waals surface area contributed by atoms with Gasteiger partial charge in [-0.15, -0.1) is 11.3 Å². The van der Waals surface area contributed by atoms with E-state index < -0.39 is 0 Å².